The molecule has 2 heterocycles. The lowest BCUT2D eigenvalue weighted by atomic mass is 9.95. The fourth-order valence-electron chi connectivity index (χ4n) is 4.75. The summed E-state index contributed by atoms with van der Waals surface area (Å²) < 4.78 is 10.8. The van der Waals surface area contributed by atoms with Gasteiger partial charge >= 0.3 is 0 Å². The Morgan fingerprint density at radius 1 is 1.00 bits per heavy atom. The number of hydrogen-bond donors (Lipinski definition) is 1. The number of nitrogens with one attached hydrogen (secondary N) is 1. The number of carbonyl (C=O) groups excluding carboxylic acids is 2. The van der Waals surface area contributed by atoms with E-state index >= 15 is 0 Å². The Kier molecular flexibility index (Phi) is 9.41. The molecular weight excluding hydrogens is 492 g/mol. The van der Waals surface area contributed by atoms with Crippen LogP contribution in [0, 0.1) is 0 Å². The van der Waals surface area contributed by atoms with Crippen molar-refractivity contribution >= 4 is 34.5 Å². The van der Waals surface area contributed by atoms with E-state index in [2.05, 4.69) is 5.32 Å². The molecule has 2 amide bonds. The van der Waals surface area contributed by atoms with Gasteiger partial charge in [0.05, 0.1) is 20.6 Å². The van der Waals surface area contributed by atoms with Gasteiger partial charge in [-0.25, -0.2) is 0 Å². The fourth-order valence-corrected chi connectivity index (χ4v) is 6.28. The van der Waals surface area contributed by atoms with Gasteiger partial charge in [-0.2, -0.15) is 0 Å². The molecule has 6 nitrogen and oxygen atoms in total. The van der Waals surface area contributed by atoms with E-state index in [1.165, 1.54) is 17.8 Å². The smallest absolute Gasteiger partial charge is 0.248 e. The first-order chi connectivity index (χ1) is 17.6. The van der Waals surface area contributed by atoms with Gasteiger partial charge in [0.2, 0.25) is 11.8 Å². The fraction of sp³-hybridized carbons (Fsp3) is 0.429. The molecule has 8 heteroatoms. The summed E-state index contributed by atoms with van der Waals surface area (Å²) in [6.07, 6.45) is 6.36. The molecule has 1 atom stereocenters. The Balaban J connectivity index is 1.60. The van der Waals surface area contributed by atoms with Crippen LogP contribution in [0.5, 0.6) is 11.5 Å². The number of hydrogen-bond acceptors (Lipinski definition) is 6. The van der Waals surface area contributed by atoms with Gasteiger partial charge in [0.1, 0.15) is 6.04 Å². The standard InChI is InChI=1S/C28H34N2O4S2/c1-33-23-13-12-20(18-24(23)34-2)14-15-30(26(31)19-22-10-6-16-35-22)27(25-11-7-17-36-25)28(32)29-21-8-4-3-5-9-21/h6-7,10-13,16-18,21,27H,3-5,8-9,14-15,19H2,1-2H3,(H,29,32). The molecule has 0 bridgehead atoms. The zero-order valence-corrected chi connectivity index (χ0v) is 22.5. The summed E-state index contributed by atoms with van der Waals surface area (Å²) >= 11 is 3.08. The lowest BCUT2D eigenvalue weighted by molar-refractivity contribution is -0.140. The summed E-state index contributed by atoms with van der Waals surface area (Å²) in [6.45, 7) is 0.417. The molecule has 0 aliphatic heterocycles. The minimum Gasteiger partial charge on any atom is -0.493 e. The van der Waals surface area contributed by atoms with E-state index in [1.54, 1.807) is 30.5 Å². The van der Waals surface area contributed by atoms with Crippen LogP contribution in [0.15, 0.2) is 53.2 Å². The highest BCUT2D eigenvalue weighted by Crippen LogP contribution is 2.30. The van der Waals surface area contributed by atoms with Crippen molar-refractivity contribution in [2.45, 2.75) is 57.0 Å². The SMILES string of the molecule is COc1ccc(CCN(C(=O)Cc2cccs2)C(C(=O)NC2CCCCC2)c2cccs2)cc1OC. The van der Waals surface area contributed by atoms with Crippen molar-refractivity contribution in [1.29, 1.82) is 0 Å². The Morgan fingerprint density at radius 3 is 2.42 bits per heavy atom. The average molecular weight is 527 g/mol. The van der Waals surface area contributed by atoms with Crippen molar-refractivity contribution in [3.63, 3.8) is 0 Å². The van der Waals surface area contributed by atoms with Crippen molar-refractivity contribution in [3.8, 4) is 11.5 Å². The maximum Gasteiger partial charge on any atom is 0.248 e. The molecule has 1 unspecified atom stereocenters. The van der Waals surface area contributed by atoms with E-state index in [4.69, 9.17) is 9.47 Å². The van der Waals surface area contributed by atoms with E-state index in [9.17, 15) is 9.59 Å². The van der Waals surface area contributed by atoms with Crippen LogP contribution in [0.1, 0.15) is 53.5 Å². The van der Waals surface area contributed by atoms with Gasteiger partial charge in [0, 0.05) is 22.3 Å². The van der Waals surface area contributed by atoms with Gasteiger partial charge in [0.15, 0.2) is 11.5 Å². The number of thiophene rings is 2. The van der Waals surface area contributed by atoms with Crippen molar-refractivity contribution < 1.29 is 19.1 Å². The third-order valence-electron chi connectivity index (χ3n) is 6.64. The van der Waals surface area contributed by atoms with Gasteiger partial charge in [-0.1, -0.05) is 37.5 Å². The number of nitrogens with zero attached hydrogens (tertiary/aromatic N) is 1. The van der Waals surface area contributed by atoms with Crippen LogP contribution in [0.25, 0.3) is 0 Å². The van der Waals surface area contributed by atoms with Crippen molar-refractivity contribution in [2.24, 2.45) is 0 Å². The van der Waals surface area contributed by atoms with Gasteiger partial charge in [0.25, 0.3) is 0 Å². The van der Waals surface area contributed by atoms with E-state index in [0.29, 0.717) is 24.5 Å². The normalized spacial score (nSPS) is 14.7. The Labute approximate surface area is 221 Å². The Bertz CT molecular complexity index is 1110. The predicted octanol–water partition coefficient (Wildman–Crippen LogP) is 5.63. The number of methoxy groups -OCH3 is 2. The van der Waals surface area contributed by atoms with E-state index in [1.807, 2.05) is 53.2 Å². The molecule has 1 saturated carbocycles. The number of rotatable bonds is 11. The molecule has 192 valence electrons. The molecule has 1 aliphatic carbocycles. The van der Waals surface area contributed by atoms with Crippen LogP contribution in [0.2, 0.25) is 0 Å². The number of carbonyl (C=O) groups is 2. The van der Waals surface area contributed by atoms with Crippen LogP contribution in [-0.4, -0.2) is 43.5 Å². The highest BCUT2D eigenvalue weighted by Gasteiger charge is 2.33. The quantitative estimate of drug-likeness (QED) is 0.352. The number of ether oxygens (including phenoxy) is 2. The Hall–Kier alpha value is -2.84. The van der Waals surface area contributed by atoms with Gasteiger partial charge in [-0.3, -0.25) is 9.59 Å². The van der Waals surface area contributed by atoms with E-state index in [-0.39, 0.29) is 24.3 Å². The van der Waals surface area contributed by atoms with Crippen LogP contribution < -0.4 is 14.8 Å². The summed E-state index contributed by atoms with van der Waals surface area (Å²) in [5.41, 5.74) is 1.01. The minimum atomic E-state index is -0.653. The molecule has 1 N–H and O–H groups in total. The maximum absolute atomic E-state index is 13.7. The van der Waals surface area contributed by atoms with Crippen molar-refractivity contribution in [2.75, 3.05) is 20.8 Å². The Morgan fingerprint density at radius 2 is 1.75 bits per heavy atom. The first-order valence-electron chi connectivity index (χ1n) is 12.5. The van der Waals surface area contributed by atoms with Crippen molar-refractivity contribution in [3.05, 3.63) is 68.5 Å². The van der Waals surface area contributed by atoms with Gasteiger partial charge in [-0.05, 0) is 59.9 Å². The molecule has 0 spiro atoms. The molecular formula is C28H34N2O4S2. The van der Waals surface area contributed by atoms with Crippen LogP contribution in [-0.2, 0) is 22.4 Å². The van der Waals surface area contributed by atoms with Crippen LogP contribution >= 0.6 is 22.7 Å². The summed E-state index contributed by atoms with van der Waals surface area (Å²) in [5, 5.41) is 7.21. The van der Waals surface area contributed by atoms with Gasteiger partial charge in [-0.15, -0.1) is 22.7 Å². The lowest BCUT2D eigenvalue weighted by Gasteiger charge is -2.33. The predicted molar refractivity (Wildman–Crippen MR) is 145 cm³/mol. The number of benzene rings is 1. The van der Waals surface area contributed by atoms with Gasteiger partial charge < -0.3 is 19.7 Å². The molecule has 3 aromatic rings. The molecule has 2 aromatic heterocycles. The third-order valence-corrected chi connectivity index (χ3v) is 8.44. The van der Waals surface area contributed by atoms with E-state index in [0.717, 1.165) is 41.0 Å². The first-order valence-corrected chi connectivity index (χ1v) is 14.2. The summed E-state index contributed by atoms with van der Waals surface area (Å²) in [7, 11) is 3.22. The molecule has 0 radical (unpaired) electrons. The molecule has 1 fully saturated rings. The summed E-state index contributed by atoms with van der Waals surface area (Å²) in [6, 6.07) is 13.1. The molecule has 1 aliphatic rings. The summed E-state index contributed by atoms with van der Waals surface area (Å²) in [4.78, 5) is 31.1. The molecule has 4 rings (SSSR count). The molecule has 36 heavy (non-hydrogen) atoms. The number of amides is 2. The van der Waals surface area contributed by atoms with Crippen molar-refractivity contribution in [1.82, 2.24) is 10.2 Å². The highest BCUT2D eigenvalue weighted by molar-refractivity contribution is 7.10. The third kappa shape index (κ3) is 6.68. The van der Waals surface area contributed by atoms with Crippen LogP contribution in [0.3, 0.4) is 0 Å². The zero-order valence-electron chi connectivity index (χ0n) is 20.9. The van der Waals surface area contributed by atoms with E-state index < -0.39 is 6.04 Å². The van der Waals surface area contributed by atoms with Crippen LogP contribution in [0.4, 0.5) is 0 Å². The second kappa shape index (κ2) is 12.9. The first kappa shape index (κ1) is 26.2. The highest BCUT2D eigenvalue weighted by atomic mass is 32.1. The molecule has 1 aromatic carbocycles. The summed E-state index contributed by atoms with van der Waals surface area (Å²) in [5.74, 6) is 1.18. The largest absolute Gasteiger partial charge is 0.493 e. The maximum atomic E-state index is 13.7. The lowest BCUT2D eigenvalue weighted by Crippen LogP contribution is -2.47. The molecule has 0 saturated heterocycles. The second-order valence-corrected chi connectivity index (χ2v) is 11.1. The monoisotopic (exact) mass is 526 g/mol. The minimum absolute atomic E-state index is 0.0462. The topological polar surface area (TPSA) is 67.9 Å². The average Bonchev–Trinajstić information content (AvgIpc) is 3.61. The zero-order chi connectivity index (χ0) is 25.3. The second-order valence-electron chi connectivity index (χ2n) is 9.04.